The molecular formula is C17H16N2O2S. The average Bonchev–Trinajstić information content (AvgIpc) is 3.01. The SMILES string of the molecule is CC(=O)c1cc2cc(CC(=O)c3cc(N)cn3C)ccc2s1. The van der Waals surface area contributed by atoms with Crippen LogP contribution < -0.4 is 5.73 Å². The first-order valence-electron chi connectivity index (χ1n) is 6.92. The fourth-order valence-electron chi connectivity index (χ4n) is 2.52. The van der Waals surface area contributed by atoms with E-state index in [1.165, 1.54) is 11.3 Å². The van der Waals surface area contributed by atoms with Crippen molar-refractivity contribution in [1.29, 1.82) is 0 Å². The predicted molar refractivity (Wildman–Crippen MR) is 89.7 cm³/mol. The number of hydrogen-bond donors (Lipinski definition) is 1. The van der Waals surface area contributed by atoms with Gasteiger partial charge in [-0.15, -0.1) is 11.3 Å². The van der Waals surface area contributed by atoms with Gasteiger partial charge >= 0.3 is 0 Å². The molecule has 0 aliphatic rings. The number of nitrogen functional groups attached to an aromatic ring is 1. The van der Waals surface area contributed by atoms with E-state index in [4.69, 9.17) is 5.73 Å². The zero-order chi connectivity index (χ0) is 15.9. The number of aromatic nitrogens is 1. The van der Waals surface area contributed by atoms with Crippen LogP contribution >= 0.6 is 11.3 Å². The van der Waals surface area contributed by atoms with Gasteiger partial charge in [-0.05, 0) is 42.1 Å². The van der Waals surface area contributed by atoms with Crippen molar-refractivity contribution >= 4 is 38.7 Å². The second-order valence-corrected chi connectivity index (χ2v) is 6.49. The maximum atomic E-state index is 12.4. The topological polar surface area (TPSA) is 65.1 Å². The molecule has 0 bridgehead atoms. The molecule has 0 saturated heterocycles. The van der Waals surface area contributed by atoms with Crippen LogP contribution in [0.4, 0.5) is 5.69 Å². The molecule has 2 aromatic heterocycles. The molecule has 5 heteroatoms. The van der Waals surface area contributed by atoms with Gasteiger partial charge in [0.25, 0.3) is 0 Å². The molecule has 0 atom stereocenters. The average molecular weight is 312 g/mol. The highest BCUT2D eigenvalue weighted by Crippen LogP contribution is 2.27. The van der Waals surface area contributed by atoms with Gasteiger partial charge in [-0.25, -0.2) is 0 Å². The molecule has 22 heavy (non-hydrogen) atoms. The van der Waals surface area contributed by atoms with Crippen LogP contribution in [0.2, 0.25) is 0 Å². The molecule has 0 spiro atoms. The number of rotatable bonds is 4. The molecule has 2 heterocycles. The molecule has 0 aliphatic heterocycles. The van der Waals surface area contributed by atoms with Crippen LogP contribution in [0.1, 0.15) is 32.6 Å². The van der Waals surface area contributed by atoms with Gasteiger partial charge in [0.05, 0.1) is 16.3 Å². The lowest BCUT2D eigenvalue weighted by Gasteiger charge is -2.03. The number of fused-ring (bicyclic) bond motifs is 1. The first-order chi connectivity index (χ1) is 10.4. The minimum Gasteiger partial charge on any atom is -0.397 e. The highest BCUT2D eigenvalue weighted by molar-refractivity contribution is 7.20. The second-order valence-electron chi connectivity index (χ2n) is 5.41. The van der Waals surface area contributed by atoms with E-state index >= 15 is 0 Å². The van der Waals surface area contributed by atoms with E-state index in [0.29, 0.717) is 17.8 Å². The van der Waals surface area contributed by atoms with Gasteiger partial charge in [-0.3, -0.25) is 9.59 Å². The third kappa shape index (κ3) is 2.67. The van der Waals surface area contributed by atoms with Crippen LogP contribution in [-0.2, 0) is 13.5 Å². The number of ketones is 2. The second kappa shape index (κ2) is 5.42. The summed E-state index contributed by atoms with van der Waals surface area (Å²) < 4.78 is 2.80. The molecule has 3 rings (SSSR count). The predicted octanol–water partition coefficient (Wildman–Crippen LogP) is 3.45. The minimum absolute atomic E-state index is 0.0283. The van der Waals surface area contributed by atoms with Crippen molar-refractivity contribution in [2.75, 3.05) is 5.73 Å². The zero-order valence-electron chi connectivity index (χ0n) is 12.4. The summed E-state index contributed by atoms with van der Waals surface area (Å²) in [5, 5.41) is 1.01. The van der Waals surface area contributed by atoms with Gasteiger partial charge in [-0.2, -0.15) is 0 Å². The maximum absolute atomic E-state index is 12.4. The number of Topliss-reactive ketones (excluding diaryl/α,β-unsaturated/α-hetero) is 2. The zero-order valence-corrected chi connectivity index (χ0v) is 13.2. The van der Waals surface area contributed by atoms with E-state index in [-0.39, 0.29) is 11.6 Å². The number of carbonyl (C=O) groups excluding carboxylic acids is 2. The van der Waals surface area contributed by atoms with Gasteiger partial charge in [0, 0.05) is 24.4 Å². The molecule has 0 fully saturated rings. The van der Waals surface area contributed by atoms with E-state index in [2.05, 4.69) is 0 Å². The molecule has 0 radical (unpaired) electrons. The van der Waals surface area contributed by atoms with Crippen molar-refractivity contribution in [3.05, 3.63) is 52.7 Å². The normalized spacial score (nSPS) is 11.0. The molecule has 0 unspecified atom stereocenters. The van der Waals surface area contributed by atoms with E-state index in [9.17, 15) is 9.59 Å². The van der Waals surface area contributed by atoms with Crippen molar-refractivity contribution < 1.29 is 9.59 Å². The number of benzene rings is 1. The molecule has 1 aromatic carbocycles. The Morgan fingerprint density at radius 2 is 2.00 bits per heavy atom. The van der Waals surface area contributed by atoms with E-state index in [1.807, 2.05) is 31.3 Å². The van der Waals surface area contributed by atoms with Gasteiger partial charge < -0.3 is 10.3 Å². The van der Waals surface area contributed by atoms with Gasteiger partial charge in [-0.1, -0.05) is 6.07 Å². The van der Waals surface area contributed by atoms with Gasteiger partial charge in [0.1, 0.15) is 0 Å². The molecule has 2 N–H and O–H groups in total. The Labute approximate surface area is 132 Å². The first kappa shape index (κ1) is 14.5. The van der Waals surface area contributed by atoms with Crippen LogP contribution in [0.3, 0.4) is 0 Å². The molecule has 112 valence electrons. The Balaban J connectivity index is 1.89. The summed E-state index contributed by atoms with van der Waals surface area (Å²) in [4.78, 5) is 24.6. The molecular weight excluding hydrogens is 296 g/mol. The number of thiophene rings is 1. The molecule has 0 aliphatic carbocycles. The largest absolute Gasteiger partial charge is 0.397 e. The summed E-state index contributed by atoms with van der Waals surface area (Å²) >= 11 is 1.48. The van der Waals surface area contributed by atoms with E-state index in [0.717, 1.165) is 20.5 Å². The van der Waals surface area contributed by atoms with Crippen molar-refractivity contribution in [2.45, 2.75) is 13.3 Å². The number of anilines is 1. The van der Waals surface area contributed by atoms with E-state index < -0.39 is 0 Å². The van der Waals surface area contributed by atoms with Crippen molar-refractivity contribution in [1.82, 2.24) is 4.57 Å². The van der Waals surface area contributed by atoms with E-state index in [1.54, 1.807) is 23.8 Å². The Morgan fingerprint density at radius 1 is 1.23 bits per heavy atom. The summed E-state index contributed by atoms with van der Waals surface area (Å²) in [6.07, 6.45) is 2.05. The molecule has 4 nitrogen and oxygen atoms in total. The van der Waals surface area contributed by atoms with Gasteiger partial charge in [0.2, 0.25) is 0 Å². The fourth-order valence-corrected chi connectivity index (χ4v) is 3.46. The summed E-state index contributed by atoms with van der Waals surface area (Å²) in [5.41, 5.74) is 7.84. The maximum Gasteiger partial charge on any atom is 0.183 e. The van der Waals surface area contributed by atoms with Gasteiger partial charge in [0.15, 0.2) is 11.6 Å². The minimum atomic E-state index is 0.0283. The number of nitrogens with zero attached hydrogens (tertiary/aromatic N) is 1. The summed E-state index contributed by atoms with van der Waals surface area (Å²) in [5.74, 6) is 0.0960. The number of hydrogen-bond acceptors (Lipinski definition) is 4. The van der Waals surface area contributed by atoms with Crippen LogP contribution in [0.25, 0.3) is 10.1 Å². The monoisotopic (exact) mass is 312 g/mol. The Kier molecular flexibility index (Phi) is 3.58. The fraction of sp³-hybridized carbons (Fsp3) is 0.176. The molecule has 3 aromatic rings. The molecule has 0 amide bonds. The first-order valence-corrected chi connectivity index (χ1v) is 7.74. The Morgan fingerprint density at radius 3 is 2.64 bits per heavy atom. The summed E-state index contributed by atoms with van der Waals surface area (Å²) in [7, 11) is 1.81. The Hall–Kier alpha value is -2.40. The number of aryl methyl sites for hydroxylation is 1. The van der Waals surface area contributed by atoms with Crippen LogP contribution in [-0.4, -0.2) is 16.1 Å². The van der Waals surface area contributed by atoms with Crippen molar-refractivity contribution in [3.8, 4) is 0 Å². The molecule has 0 saturated carbocycles. The van der Waals surface area contributed by atoms with Crippen LogP contribution in [0.15, 0.2) is 36.5 Å². The quantitative estimate of drug-likeness (QED) is 0.750. The number of carbonyl (C=O) groups is 2. The van der Waals surface area contributed by atoms with Crippen molar-refractivity contribution in [2.24, 2.45) is 7.05 Å². The third-order valence-corrected chi connectivity index (χ3v) is 4.82. The Bertz CT molecular complexity index is 889. The van der Waals surface area contributed by atoms with Crippen LogP contribution in [0.5, 0.6) is 0 Å². The standard InChI is InChI=1S/C17H16N2O2S/c1-10(20)17-7-12-5-11(3-4-16(12)22-17)6-15(21)14-8-13(18)9-19(14)2/h3-5,7-9H,6,18H2,1-2H3. The lowest BCUT2D eigenvalue weighted by Crippen LogP contribution is -2.08. The lowest BCUT2D eigenvalue weighted by molar-refractivity contribution is 0.0983. The van der Waals surface area contributed by atoms with Crippen molar-refractivity contribution in [3.63, 3.8) is 0 Å². The smallest absolute Gasteiger partial charge is 0.183 e. The highest BCUT2D eigenvalue weighted by Gasteiger charge is 2.13. The number of nitrogens with two attached hydrogens (primary N) is 1. The lowest BCUT2D eigenvalue weighted by atomic mass is 10.1. The summed E-state index contributed by atoms with van der Waals surface area (Å²) in [6, 6.07) is 9.46. The summed E-state index contributed by atoms with van der Waals surface area (Å²) in [6.45, 7) is 1.56. The van der Waals surface area contributed by atoms with Crippen LogP contribution in [0, 0.1) is 0 Å². The highest BCUT2D eigenvalue weighted by atomic mass is 32.1. The third-order valence-electron chi connectivity index (χ3n) is 3.60.